The molecule has 0 saturated heterocycles. The van der Waals surface area contributed by atoms with Gasteiger partial charge in [-0.05, 0) is 19.1 Å². The van der Waals surface area contributed by atoms with E-state index in [-0.39, 0.29) is 5.75 Å². The quantitative estimate of drug-likeness (QED) is 0.727. The van der Waals surface area contributed by atoms with Crippen LogP contribution in [0.2, 0.25) is 0 Å². The van der Waals surface area contributed by atoms with Gasteiger partial charge in [0.05, 0.1) is 0 Å². The molecule has 0 aromatic heterocycles. The van der Waals surface area contributed by atoms with Crippen molar-refractivity contribution in [2.75, 3.05) is 14.1 Å². The summed E-state index contributed by atoms with van der Waals surface area (Å²) in [6, 6.07) is 6.62. The number of hydroxylamine groups is 2. The molecule has 0 aliphatic rings. The molecular weight excluding hydrogens is 218 g/mol. The average molecular weight is 231 g/mol. The van der Waals surface area contributed by atoms with Gasteiger partial charge in [0.1, 0.15) is 5.75 Å². The van der Waals surface area contributed by atoms with Crippen molar-refractivity contribution in [1.82, 2.24) is 5.06 Å². The fraction of sp³-hybridized carbons (Fsp3) is 0.333. The molecule has 0 saturated carbocycles. The number of hydrogen-bond donors (Lipinski definition) is 0. The van der Waals surface area contributed by atoms with Crippen molar-refractivity contribution in [3.05, 3.63) is 29.8 Å². The third-order valence-corrected chi connectivity index (χ3v) is 2.34. The van der Waals surface area contributed by atoms with Gasteiger partial charge in [0.15, 0.2) is 0 Å². The highest BCUT2D eigenvalue weighted by Gasteiger charge is 2.15. The number of nitrogens with zero attached hydrogens (tertiary/aromatic N) is 1. The molecule has 1 rings (SSSR count). The molecule has 0 aliphatic heterocycles. The van der Waals surface area contributed by atoms with Gasteiger partial charge in [-0.2, -0.15) is 13.5 Å². The van der Waals surface area contributed by atoms with Gasteiger partial charge in [-0.1, -0.05) is 17.7 Å². The largest absolute Gasteiger partial charge is 0.465 e. The van der Waals surface area contributed by atoms with Crippen LogP contribution >= 0.6 is 0 Å². The standard InChI is InChI=1S/C9H13NO4S/c1-8-4-6-9(7-5-8)13-15(11,12)14-10(2)3/h4-7H,1-3H3. The molecule has 0 radical (unpaired) electrons. The van der Waals surface area contributed by atoms with Crippen LogP contribution in [0.1, 0.15) is 5.56 Å². The normalized spacial score (nSPS) is 11.7. The van der Waals surface area contributed by atoms with Crippen LogP contribution in [0.5, 0.6) is 5.75 Å². The summed E-state index contributed by atoms with van der Waals surface area (Å²) in [6.45, 7) is 1.90. The van der Waals surface area contributed by atoms with E-state index in [1.807, 2.05) is 6.92 Å². The maximum absolute atomic E-state index is 11.2. The Morgan fingerprint density at radius 2 is 1.67 bits per heavy atom. The van der Waals surface area contributed by atoms with Crippen LogP contribution in [-0.4, -0.2) is 27.6 Å². The first-order valence-corrected chi connectivity index (χ1v) is 5.60. The van der Waals surface area contributed by atoms with E-state index in [0.717, 1.165) is 10.6 Å². The number of benzene rings is 1. The van der Waals surface area contributed by atoms with Crippen LogP contribution in [0.4, 0.5) is 0 Å². The number of rotatable bonds is 4. The zero-order valence-electron chi connectivity index (χ0n) is 8.80. The van der Waals surface area contributed by atoms with E-state index in [4.69, 9.17) is 0 Å². The van der Waals surface area contributed by atoms with Gasteiger partial charge in [0.2, 0.25) is 0 Å². The zero-order chi connectivity index (χ0) is 11.5. The van der Waals surface area contributed by atoms with Gasteiger partial charge in [0, 0.05) is 14.1 Å². The fourth-order valence-electron chi connectivity index (χ4n) is 0.909. The van der Waals surface area contributed by atoms with Crippen molar-refractivity contribution in [2.24, 2.45) is 0 Å². The van der Waals surface area contributed by atoms with Gasteiger partial charge in [-0.15, -0.1) is 4.28 Å². The Hall–Kier alpha value is -1.11. The van der Waals surface area contributed by atoms with Crippen molar-refractivity contribution in [3.8, 4) is 5.75 Å². The smallest absolute Gasteiger partial charge is 0.361 e. The third kappa shape index (κ3) is 4.28. The predicted octanol–water partition coefficient (Wildman–Crippen LogP) is 1.11. The molecule has 0 fully saturated rings. The van der Waals surface area contributed by atoms with E-state index < -0.39 is 10.4 Å². The maximum Gasteiger partial charge on any atom is 0.465 e. The van der Waals surface area contributed by atoms with Crippen LogP contribution in [0, 0.1) is 6.92 Å². The Kier molecular flexibility index (Phi) is 3.67. The van der Waals surface area contributed by atoms with E-state index in [1.165, 1.54) is 14.1 Å². The van der Waals surface area contributed by atoms with Gasteiger partial charge in [-0.3, -0.25) is 0 Å². The molecule has 0 bridgehead atoms. The molecule has 0 spiro atoms. The Balaban J connectivity index is 2.73. The summed E-state index contributed by atoms with van der Waals surface area (Å²) in [5.74, 6) is 0.224. The lowest BCUT2D eigenvalue weighted by atomic mass is 10.2. The first kappa shape index (κ1) is 12.0. The summed E-state index contributed by atoms with van der Waals surface area (Å²) >= 11 is 0. The molecule has 5 nitrogen and oxygen atoms in total. The lowest BCUT2D eigenvalue weighted by Gasteiger charge is -2.10. The summed E-state index contributed by atoms with van der Waals surface area (Å²) in [4.78, 5) is 0. The molecule has 1 aromatic rings. The summed E-state index contributed by atoms with van der Waals surface area (Å²) < 4.78 is 31.5. The van der Waals surface area contributed by atoms with Gasteiger partial charge < -0.3 is 4.18 Å². The first-order chi connectivity index (χ1) is 6.89. The van der Waals surface area contributed by atoms with Gasteiger partial charge in [-0.25, -0.2) is 0 Å². The van der Waals surface area contributed by atoms with Crippen LogP contribution in [0.3, 0.4) is 0 Å². The van der Waals surface area contributed by atoms with E-state index >= 15 is 0 Å². The Morgan fingerprint density at radius 1 is 1.13 bits per heavy atom. The number of hydrogen-bond acceptors (Lipinski definition) is 5. The Bertz CT molecular complexity index is 410. The second kappa shape index (κ2) is 4.61. The Morgan fingerprint density at radius 3 is 2.13 bits per heavy atom. The zero-order valence-corrected chi connectivity index (χ0v) is 9.61. The van der Waals surface area contributed by atoms with Gasteiger partial charge in [0.25, 0.3) is 0 Å². The van der Waals surface area contributed by atoms with E-state index in [2.05, 4.69) is 8.47 Å². The summed E-state index contributed by atoms with van der Waals surface area (Å²) in [7, 11) is -1.11. The second-order valence-corrected chi connectivity index (χ2v) is 4.32. The summed E-state index contributed by atoms with van der Waals surface area (Å²) in [5, 5.41) is 1.05. The molecule has 0 aliphatic carbocycles. The molecule has 84 valence electrons. The Labute approximate surface area is 89.5 Å². The lowest BCUT2D eigenvalue weighted by molar-refractivity contribution is -0.00598. The van der Waals surface area contributed by atoms with E-state index in [0.29, 0.717) is 0 Å². The maximum atomic E-state index is 11.2. The SMILES string of the molecule is Cc1ccc(OS(=O)(=O)ON(C)C)cc1. The monoisotopic (exact) mass is 231 g/mol. The van der Waals surface area contributed by atoms with Crippen LogP contribution in [-0.2, 0) is 14.7 Å². The molecule has 0 amide bonds. The molecule has 0 N–H and O–H groups in total. The minimum absolute atomic E-state index is 0.224. The topological polar surface area (TPSA) is 55.8 Å². The van der Waals surface area contributed by atoms with Crippen molar-refractivity contribution in [1.29, 1.82) is 0 Å². The van der Waals surface area contributed by atoms with Crippen molar-refractivity contribution in [3.63, 3.8) is 0 Å². The second-order valence-electron chi connectivity index (χ2n) is 3.19. The molecule has 0 heterocycles. The minimum atomic E-state index is -4.02. The summed E-state index contributed by atoms with van der Waals surface area (Å²) in [6.07, 6.45) is 0. The molecule has 6 heteroatoms. The minimum Gasteiger partial charge on any atom is -0.361 e. The molecular formula is C9H13NO4S. The average Bonchev–Trinajstić information content (AvgIpc) is 2.06. The lowest BCUT2D eigenvalue weighted by Crippen LogP contribution is -2.22. The molecule has 0 unspecified atom stereocenters. The predicted molar refractivity (Wildman–Crippen MR) is 55.5 cm³/mol. The highest BCUT2D eigenvalue weighted by molar-refractivity contribution is 7.82. The van der Waals surface area contributed by atoms with Gasteiger partial charge >= 0.3 is 10.4 Å². The van der Waals surface area contributed by atoms with Crippen molar-refractivity contribution < 1.29 is 16.9 Å². The van der Waals surface area contributed by atoms with Crippen LogP contribution in [0.15, 0.2) is 24.3 Å². The molecule has 1 aromatic carbocycles. The van der Waals surface area contributed by atoms with E-state index in [9.17, 15) is 8.42 Å². The van der Waals surface area contributed by atoms with Crippen molar-refractivity contribution in [2.45, 2.75) is 6.92 Å². The highest BCUT2D eigenvalue weighted by Crippen LogP contribution is 2.14. The summed E-state index contributed by atoms with van der Waals surface area (Å²) in [5.41, 5.74) is 1.02. The van der Waals surface area contributed by atoms with Crippen LogP contribution in [0.25, 0.3) is 0 Å². The fourth-order valence-corrected chi connectivity index (χ4v) is 1.65. The number of aryl methyl sites for hydroxylation is 1. The van der Waals surface area contributed by atoms with Crippen molar-refractivity contribution >= 4 is 10.4 Å². The van der Waals surface area contributed by atoms with E-state index in [1.54, 1.807) is 24.3 Å². The highest BCUT2D eigenvalue weighted by atomic mass is 32.3. The molecule has 15 heavy (non-hydrogen) atoms. The molecule has 0 atom stereocenters. The third-order valence-electron chi connectivity index (χ3n) is 1.46. The first-order valence-electron chi connectivity index (χ1n) is 4.27. The van der Waals surface area contributed by atoms with Crippen LogP contribution < -0.4 is 4.18 Å².